The van der Waals surface area contributed by atoms with Crippen molar-refractivity contribution in [3.05, 3.63) is 113 Å². The van der Waals surface area contributed by atoms with Crippen LogP contribution in [0.4, 0.5) is 0 Å². The molecule has 0 unspecified atom stereocenters. The summed E-state index contributed by atoms with van der Waals surface area (Å²) in [4.78, 5) is 12.1. The van der Waals surface area contributed by atoms with Crippen molar-refractivity contribution < 1.29 is 0 Å². The fraction of sp³-hybridized carbons (Fsp3) is 0. The molecule has 0 aliphatic carbocycles. The van der Waals surface area contributed by atoms with Crippen LogP contribution >= 0.6 is 0 Å². The van der Waals surface area contributed by atoms with Crippen molar-refractivity contribution in [3.8, 4) is 0 Å². The third-order valence-corrected chi connectivity index (χ3v) is 5.32. The van der Waals surface area contributed by atoms with Gasteiger partial charge >= 0.3 is 0 Å². The molecule has 1 aliphatic rings. The Labute approximate surface area is 161 Å². The number of para-hydroxylation sites is 3. The number of nitrogens with zero attached hydrogens (tertiary/aromatic N) is 1. The van der Waals surface area contributed by atoms with Crippen LogP contribution in [0.25, 0.3) is 33.5 Å². The van der Waals surface area contributed by atoms with Gasteiger partial charge in [-0.05, 0) is 36.4 Å². The molecular formula is C25H17N3. The van der Waals surface area contributed by atoms with Crippen LogP contribution in [0.15, 0.2) is 95.6 Å². The Kier molecular flexibility index (Phi) is 3.17. The minimum Gasteiger partial charge on any atom is -0.354 e. The van der Waals surface area contributed by atoms with Crippen LogP contribution in [0.3, 0.4) is 0 Å². The standard InChI is InChI=1S/C25H17N3/c1-4-10-19-16(7-1)13-22(26-19)25(23-14-17-8-2-5-11-20(17)27-23)24-15-18-9-3-6-12-21(18)28-24/h1-15,26-27H. The van der Waals surface area contributed by atoms with E-state index in [1.807, 2.05) is 6.07 Å². The number of hydrogen-bond acceptors (Lipinski definition) is 1. The summed E-state index contributed by atoms with van der Waals surface area (Å²) in [5.41, 5.74) is 6.44. The lowest BCUT2D eigenvalue weighted by atomic mass is 10.1. The highest BCUT2D eigenvalue weighted by atomic mass is 14.8. The molecule has 132 valence electrons. The van der Waals surface area contributed by atoms with E-state index < -0.39 is 0 Å². The number of nitrogens with one attached hydrogen (secondary N) is 2. The van der Waals surface area contributed by atoms with Crippen molar-refractivity contribution in [1.82, 2.24) is 9.97 Å². The Hall–Kier alpha value is -3.85. The first-order valence-electron chi connectivity index (χ1n) is 9.41. The van der Waals surface area contributed by atoms with Gasteiger partial charge in [0.2, 0.25) is 0 Å². The van der Waals surface area contributed by atoms with E-state index in [1.54, 1.807) is 0 Å². The Morgan fingerprint density at radius 1 is 0.643 bits per heavy atom. The van der Waals surface area contributed by atoms with Gasteiger partial charge in [-0.2, -0.15) is 0 Å². The van der Waals surface area contributed by atoms with Gasteiger partial charge in [0, 0.05) is 32.6 Å². The molecule has 0 radical (unpaired) electrons. The number of hydrogen-bond donors (Lipinski definition) is 2. The summed E-state index contributed by atoms with van der Waals surface area (Å²) >= 11 is 0. The number of aromatic nitrogens is 2. The molecule has 0 spiro atoms. The van der Waals surface area contributed by atoms with Crippen molar-refractivity contribution in [1.29, 1.82) is 0 Å². The van der Waals surface area contributed by atoms with E-state index in [2.05, 4.69) is 94.9 Å². The zero-order valence-corrected chi connectivity index (χ0v) is 15.1. The van der Waals surface area contributed by atoms with Crippen molar-refractivity contribution in [2.75, 3.05) is 0 Å². The van der Waals surface area contributed by atoms with E-state index in [0.29, 0.717) is 0 Å². The third kappa shape index (κ3) is 2.33. The van der Waals surface area contributed by atoms with Gasteiger partial charge < -0.3 is 9.97 Å². The quantitative estimate of drug-likeness (QED) is 0.465. The molecule has 1 aliphatic heterocycles. The highest BCUT2D eigenvalue weighted by Gasteiger charge is 2.17. The van der Waals surface area contributed by atoms with Crippen LogP contribution in [-0.4, -0.2) is 9.97 Å². The van der Waals surface area contributed by atoms with Crippen LogP contribution in [0, 0.1) is 0 Å². The summed E-state index contributed by atoms with van der Waals surface area (Å²) in [6, 6.07) is 29.4. The van der Waals surface area contributed by atoms with E-state index in [1.165, 1.54) is 10.8 Å². The summed E-state index contributed by atoms with van der Waals surface area (Å²) in [6.45, 7) is 0. The first-order chi connectivity index (χ1) is 13.8. The zero-order valence-electron chi connectivity index (χ0n) is 15.1. The summed E-state index contributed by atoms with van der Waals surface area (Å²) in [6.07, 6.45) is 2.17. The number of fused-ring (bicyclic) bond motifs is 3. The molecule has 3 heteroatoms. The highest BCUT2D eigenvalue weighted by molar-refractivity contribution is 5.94. The lowest BCUT2D eigenvalue weighted by molar-refractivity contribution is 1.27. The van der Waals surface area contributed by atoms with Crippen molar-refractivity contribution in [2.24, 2.45) is 4.99 Å². The number of aromatic amines is 2. The van der Waals surface area contributed by atoms with Gasteiger partial charge in [-0.1, -0.05) is 54.6 Å². The molecule has 0 amide bonds. The van der Waals surface area contributed by atoms with E-state index in [4.69, 9.17) is 4.99 Å². The van der Waals surface area contributed by atoms with E-state index >= 15 is 0 Å². The van der Waals surface area contributed by atoms with Gasteiger partial charge in [-0.15, -0.1) is 0 Å². The molecule has 28 heavy (non-hydrogen) atoms. The van der Waals surface area contributed by atoms with Gasteiger partial charge in [-0.25, -0.2) is 4.99 Å². The van der Waals surface area contributed by atoms with Crippen molar-refractivity contribution >= 4 is 33.5 Å². The maximum absolute atomic E-state index is 4.93. The average Bonchev–Trinajstić information content (AvgIpc) is 3.44. The van der Waals surface area contributed by atoms with Crippen LogP contribution in [0.5, 0.6) is 0 Å². The Balaban J connectivity index is 1.67. The fourth-order valence-electron chi connectivity index (χ4n) is 3.99. The largest absolute Gasteiger partial charge is 0.354 e. The fourth-order valence-corrected chi connectivity index (χ4v) is 3.99. The molecule has 2 N–H and O–H groups in total. The van der Waals surface area contributed by atoms with Crippen molar-refractivity contribution in [3.63, 3.8) is 0 Å². The molecule has 0 atom stereocenters. The molecule has 0 bridgehead atoms. The third-order valence-electron chi connectivity index (χ3n) is 5.32. The first-order valence-corrected chi connectivity index (χ1v) is 9.41. The molecule has 0 saturated carbocycles. The lowest BCUT2D eigenvalue weighted by Crippen LogP contribution is -2.19. The normalized spacial score (nSPS) is 12.8. The Morgan fingerprint density at radius 3 is 1.82 bits per heavy atom. The molecule has 3 heterocycles. The van der Waals surface area contributed by atoms with E-state index in [0.717, 1.165) is 44.3 Å². The topological polar surface area (TPSA) is 43.9 Å². The van der Waals surface area contributed by atoms with Gasteiger partial charge in [0.1, 0.15) is 0 Å². The summed E-state index contributed by atoms with van der Waals surface area (Å²) in [5.74, 6) is 0. The predicted molar refractivity (Wildman–Crippen MR) is 114 cm³/mol. The molecule has 3 aromatic carbocycles. The van der Waals surface area contributed by atoms with Crippen molar-refractivity contribution in [2.45, 2.75) is 0 Å². The maximum Gasteiger partial charge on any atom is 0.0758 e. The SMILES string of the molecule is C1=c2ccccc2=NC1=C(c1cc2ccccc2[nH]1)c1cc2ccccc2[nH]1. The Bertz CT molecular complexity index is 1330. The van der Waals surface area contributed by atoms with Gasteiger partial charge in [0.25, 0.3) is 0 Å². The summed E-state index contributed by atoms with van der Waals surface area (Å²) in [5, 5.41) is 4.56. The lowest BCUT2D eigenvalue weighted by Gasteiger charge is -2.05. The number of allylic oxidation sites excluding steroid dienone is 1. The highest BCUT2D eigenvalue weighted by Crippen LogP contribution is 2.32. The molecule has 0 saturated heterocycles. The second kappa shape index (κ2) is 5.83. The molecular weight excluding hydrogens is 342 g/mol. The number of H-pyrrole nitrogens is 2. The van der Waals surface area contributed by atoms with E-state index in [9.17, 15) is 0 Å². The first kappa shape index (κ1) is 15.2. The zero-order chi connectivity index (χ0) is 18.5. The predicted octanol–water partition coefficient (Wildman–Crippen LogP) is 4.52. The second-order valence-electron chi connectivity index (χ2n) is 7.12. The average molecular weight is 359 g/mol. The summed E-state index contributed by atoms with van der Waals surface area (Å²) < 4.78 is 0. The molecule has 2 aromatic heterocycles. The summed E-state index contributed by atoms with van der Waals surface area (Å²) in [7, 11) is 0. The second-order valence-corrected chi connectivity index (χ2v) is 7.12. The van der Waals surface area contributed by atoms with Gasteiger partial charge in [0.15, 0.2) is 0 Å². The Morgan fingerprint density at radius 2 is 1.21 bits per heavy atom. The van der Waals surface area contributed by atoms with Gasteiger partial charge in [-0.3, -0.25) is 0 Å². The monoisotopic (exact) mass is 359 g/mol. The maximum atomic E-state index is 4.93. The molecule has 0 fully saturated rings. The molecule has 5 aromatic rings. The van der Waals surface area contributed by atoms with Crippen LogP contribution < -0.4 is 10.6 Å². The minimum atomic E-state index is 0.972. The minimum absolute atomic E-state index is 0.972. The van der Waals surface area contributed by atoms with Crippen LogP contribution in [0.2, 0.25) is 0 Å². The van der Waals surface area contributed by atoms with Crippen LogP contribution in [-0.2, 0) is 0 Å². The van der Waals surface area contributed by atoms with Crippen LogP contribution in [0.1, 0.15) is 11.4 Å². The molecule has 3 nitrogen and oxygen atoms in total. The van der Waals surface area contributed by atoms with E-state index in [-0.39, 0.29) is 0 Å². The van der Waals surface area contributed by atoms with Gasteiger partial charge in [0.05, 0.1) is 22.4 Å². The molecule has 6 rings (SSSR count). The number of benzene rings is 3. The number of rotatable bonds is 2. The smallest absolute Gasteiger partial charge is 0.0758 e.